The Kier molecular flexibility index (Phi) is 6.47. The summed E-state index contributed by atoms with van der Waals surface area (Å²) in [5.74, 6) is -2.98. The molecule has 6 nitrogen and oxygen atoms in total. The van der Waals surface area contributed by atoms with Gasteiger partial charge in [0.05, 0.1) is 17.3 Å². The highest BCUT2D eigenvalue weighted by molar-refractivity contribution is 6.35. The molecule has 0 saturated heterocycles. The molecule has 1 amide bonds. The van der Waals surface area contributed by atoms with Crippen molar-refractivity contribution in [3.8, 4) is 5.69 Å². The summed E-state index contributed by atoms with van der Waals surface area (Å²) < 4.78 is 28.3. The highest BCUT2D eigenvalue weighted by Crippen LogP contribution is 2.41. The molecule has 3 aromatic carbocycles. The lowest BCUT2D eigenvalue weighted by atomic mass is 9.78. The van der Waals surface area contributed by atoms with Gasteiger partial charge in [-0.15, -0.1) is 0 Å². The van der Waals surface area contributed by atoms with E-state index in [4.69, 9.17) is 23.2 Å². The smallest absolute Gasteiger partial charge is 0.275 e. The summed E-state index contributed by atoms with van der Waals surface area (Å²) in [7, 11) is 0. The van der Waals surface area contributed by atoms with Crippen molar-refractivity contribution >= 4 is 40.5 Å². The molecule has 0 bridgehead atoms. The van der Waals surface area contributed by atoms with Crippen molar-refractivity contribution in [3.05, 3.63) is 116 Å². The molecule has 1 N–H and O–H groups in total. The second kappa shape index (κ2) is 9.61. The van der Waals surface area contributed by atoms with Crippen LogP contribution in [0, 0.1) is 24.5 Å². The fraction of sp³-hybridized carbons (Fsp3) is 0.148. The summed E-state index contributed by atoms with van der Waals surface area (Å²) in [5.41, 5.74) is 2.19. The van der Waals surface area contributed by atoms with Crippen LogP contribution in [0.3, 0.4) is 0 Å². The molecule has 0 saturated carbocycles. The number of nitrogens with one attached hydrogen (secondary N) is 1. The quantitative estimate of drug-likeness (QED) is 0.326. The van der Waals surface area contributed by atoms with E-state index in [9.17, 15) is 18.4 Å². The lowest BCUT2D eigenvalue weighted by Gasteiger charge is -2.24. The number of hydrogen-bond acceptors (Lipinski definition) is 3. The molecule has 2 atom stereocenters. The average Bonchev–Trinajstić information content (AvgIpc) is 3.32. The highest BCUT2D eigenvalue weighted by atomic mass is 35.5. The molecule has 4 aromatic rings. The van der Waals surface area contributed by atoms with Crippen LogP contribution in [0.1, 0.15) is 29.7 Å². The molecule has 2 heterocycles. The van der Waals surface area contributed by atoms with Gasteiger partial charge in [-0.2, -0.15) is 5.10 Å². The number of carbonyl (C=O) groups excluding carboxylic acids is 1. The number of rotatable bonds is 5. The summed E-state index contributed by atoms with van der Waals surface area (Å²) in [4.78, 5) is 27.6. The molecular weight excluding hydrogens is 521 g/mol. The number of amides is 1. The summed E-state index contributed by atoms with van der Waals surface area (Å²) >= 11 is 12.8. The monoisotopic (exact) mass is 540 g/mol. The van der Waals surface area contributed by atoms with E-state index in [-0.39, 0.29) is 5.02 Å². The van der Waals surface area contributed by atoms with E-state index in [1.165, 1.54) is 58.2 Å². The number of carbonyl (C=O) groups is 1. The molecule has 0 unspecified atom stereocenters. The fourth-order valence-electron chi connectivity index (χ4n) is 4.68. The number of nitrogens with zero attached hydrogens (tertiary/aromatic N) is 3. The van der Waals surface area contributed by atoms with Crippen LogP contribution in [0.5, 0.6) is 0 Å². The first-order chi connectivity index (χ1) is 17.7. The number of aryl methyl sites for hydroxylation is 1. The third-order valence-electron chi connectivity index (χ3n) is 6.40. The van der Waals surface area contributed by atoms with Crippen LogP contribution in [-0.2, 0) is 4.79 Å². The van der Waals surface area contributed by atoms with Gasteiger partial charge in [0.1, 0.15) is 11.6 Å². The molecule has 188 valence electrons. The van der Waals surface area contributed by atoms with Gasteiger partial charge in [-0.1, -0.05) is 29.3 Å². The molecule has 1 aliphatic rings. The zero-order valence-electron chi connectivity index (χ0n) is 19.7. The van der Waals surface area contributed by atoms with Crippen molar-refractivity contribution in [2.24, 2.45) is 11.0 Å². The number of hydrogen-bond donors (Lipinski definition) is 1. The Bertz CT molecular complexity index is 1590. The minimum Gasteiger partial charge on any atom is -0.295 e. The zero-order valence-corrected chi connectivity index (χ0v) is 21.2. The molecule has 0 radical (unpaired) electrons. The van der Waals surface area contributed by atoms with Crippen molar-refractivity contribution in [1.82, 2.24) is 9.78 Å². The number of aromatic amines is 1. The maximum Gasteiger partial charge on any atom is 0.275 e. The molecule has 5 rings (SSSR count). The summed E-state index contributed by atoms with van der Waals surface area (Å²) in [6.07, 6.45) is 0. The standard InChI is InChI=1S/C27H20Cl2F2N4O2/c1-14-23(26(36)34(32-14)19-8-4-17(30)5-9-19)25(21-12-3-16(28)13-22(21)29)24-15(2)33-35(27(24)37)20-10-6-18(31)7-11-20/h3-13,23,25,33H,1-2H3/t23-,25+/m1/s1. The zero-order chi connectivity index (χ0) is 26.4. The number of H-pyrrole nitrogens is 1. The van der Waals surface area contributed by atoms with Crippen LogP contribution in [0.4, 0.5) is 14.5 Å². The number of benzene rings is 3. The Morgan fingerprint density at radius 3 is 2.08 bits per heavy atom. The Morgan fingerprint density at radius 1 is 0.892 bits per heavy atom. The molecular formula is C27H20Cl2F2N4O2. The van der Waals surface area contributed by atoms with Gasteiger partial charge in [0.15, 0.2) is 0 Å². The Morgan fingerprint density at radius 2 is 1.49 bits per heavy atom. The first kappa shape index (κ1) is 24.9. The van der Waals surface area contributed by atoms with Crippen molar-refractivity contribution in [3.63, 3.8) is 0 Å². The Hall–Kier alpha value is -3.75. The van der Waals surface area contributed by atoms with Gasteiger partial charge in [-0.05, 0) is 80.1 Å². The highest BCUT2D eigenvalue weighted by Gasteiger charge is 2.44. The van der Waals surface area contributed by atoms with Crippen molar-refractivity contribution in [2.45, 2.75) is 19.8 Å². The first-order valence-corrected chi connectivity index (χ1v) is 12.1. The van der Waals surface area contributed by atoms with Crippen molar-refractivity contribution in [1.29, 1.82) is 0 Å². The van der Waals surface area contributed by atoms with Crippen LogP contribution in [-0.4, -0.2) is 21.4 Å². The molecule has 10 heteroatoms. The maximum atomic E-state index is 13.8. The van der Waals surface area contributed by atoms with E-state index in [0.717, 1.165) is 0 Å². The number of halogens is 4. The number of hydrazone groups is 1. The lowest BCUT2D eigenvalue weighted by molar-refractivity contribution is -0.120. The molecule has 0 fully saturated rings. The second-order valence-corrected chi connectivity index (χ2v) is 9.60. The van der Waals surface area contributed by atoms with E-state index in [2.05, 4.69) is 10.2 Å². The Labute approximate surface area is 220 Å². The summed E-state index contributed by atoms with van der Waals surface area (Å²) in [6.45, 7) is 3.42. The van der Waals surface area contributed by atoms with E-state index in [0.29, 0.717) is 38.9 Å². The van der Waals surface area contributed by atoms with Gasteiger partial charge < -0.3 is 0 Å². The summed E-state index contributed by atoms with van der Waals surface area (Å²) in [6, 6.07) is 15.7. The van der Waals surface area contributed by atoms with Crippen molar-refractivity contribution < 1.29 is 13.6 Å². The van der Waals surface area contributed by atoms with Crippen LogP contribution in [0.15, 0.2) is 76.6 Å². The number of anilines is 1. The fourth-order valence-corrected chi connectivity index (χ4v) is 5.21. The maximum absolute atomic E-state index is 13.8. The topological polar surface area (TPSA) is 70.5 Å². The van der Waals surface area contributed by atoms with Gasteiger partial charge >= 0.3 is 0 Å². The molecule has 1 aliphatic heterocycles. The van der Waals surface area contributed by atoms with E-state index >= 15 is 0 Å². The minimum atomic E-state index is -0.882. The van der Waals surface area contributed by atoms with Gasteiger partial charge in [0, 0.05) is 32.9 Å². The van der Waals surface area contributed by atoms with E-state index in [1.54, 1.807) is 32.0 Å². The van der Waals surface area contributed by atoms with E-state index in [1.807, 2.05) is 0 Å². The predicted molar refractivity (Wildman–Crippen MR) is 140 cm³/mol. The third-order valence-corrected chi connectivity index (χ3v) is 6.96. The first-order valence-electron chi connectivity index (χ1n) is 11.3. The van der Waals surface area contributed by atoms with Crippen LogP contribution >= 0.6 is 23.2 Å². The van der Waals surface area contributed by atoms with Gasteiger partial charge in [0.25, 0.3) is 11.5 Å². The summed E-state index contributed by atoms with van der Waals surface area (Å²) in [5, 5.41) is 9.38. The van der Waals surface area contributed by atoms with Gasteiger partial charge in [-0.3, -0.25) is 14.7 Å². The van der Waals surface area contributed by atoms with Crippen LogP contribution < -0.4 is 10.6 Å². The molecule has 0 aliphatic carbocycles. The average molecular weight is 541 g/mol. The largest absolute Gasteiger partial charge is 0.295 e. The SMILES string of the molecule is CC1=NN(c2ccc(F)cc2)C(=O)[C@H]1[C@H](c1ccc(Cl)cc1Cl)c1c(C)[nH]n(-c2ccc(F)cc2)c1=O. The predicted octanol–water partition coefficient (Wildman–Crippen LogP) is 6.23. The van der Waals surface area contributed by atoms with Gasteiger partial charge in [0.2, 0.25) is 0 Å². The molecule has 0 spiro atoms. The Balaban J connectivity index is 1.68. The van der Waals surface area contributed by atoms with E-state index < -0.39 is 34.9 Å². The van der Waals surface area contributed by atoms with Crippen molar-refractivity contribution in [2.75, 3.05) is 5.01 Å². The minimum absolute atomic E-state index is 0.284. The molecule has 37 heavy (non-hydrogen) atoms. The van der Waals surface area contributed by atoms with Crippen LogP contribution in [0.2, 0.25) is 10.0 Å². The van der Waals surface area contributed by atoms with Gasteiger partial charge in [-0.25, -0.2) is 18.5 Å². The lowest BCUT2D eigenvalue weighted by Crippen LogP contribution is -2.34. The molecule has 1 aromatic heterocycles. The number of aromatic nitrogens is 2. The van der Waals surface area contributed by atoms with Crippen LogP contribution in [0.25, 0.3) is 5.69 Å². The third kappa shape index (κ3) is 4.47. The normalized spacial score (nSPS) is 16.3. The second-order valence-electron chi connectivity index (χ2n) is 8.76.